The summed E-state index contributed by atoms with van der Waals surface area (Å²) in [5.74, 6) is -2.52. The molecule has 3 fully saturated rings. The number of amides is 3. The van der Waals surface area contributed by atoms with Gasteiger partial charge in [0, 0.05) is 74.9 Å². The topological polar surface area (TPSA) is 141 Å². The van der Waals surface area contributed by atoms with Crippen LogP contribution in [0.2, 0.25) is 0 Å². The highest BCUT2D eigenvalue weighted by Crippen LogP contribution is 2.31. The van der Waals surface area contributed by atoms with Crippen molar-refractivity contribution in [2.24, 2.45) is 4.99 Å². The molecule has 4 aromatic carbocycles. The maximum atomic E-state index is 14.0. The first kappa shape index (κ1) is 41.2. The zero-order valence-corrected chi connectivity index (χ0v) is 34.4. The van der Waals surface area contributed by atoms with Gasteiger partial charge in [0.15, 0.2) is 5.78 Å². The first-order chi connectivity index (χ1) is 30.1. The van der Waals surface area contributed by atoms with Crippen molar-refractivity contribution in [3.8, 4) is 0 Å². The minimum atomic E-state index is -0.877. The van der Waals surface area contributed by atoms with Gasteiger partial charge in [0.25, 0.3) is 17.7 Å². The SMILES string of the molecule is O=C1CCC(N2C(=O)c3ccc(CCCN4CCN(c5ccc(C(=O)NC6=NCc7ccc(Cc8cc(F)cc(F)c8)cc76)c(NC6CCOCC6)c5)CC4)cc3C2=O)C(=O)C1. The molecule has 1 aliphatic carbocycles. The van der Waals surface area contributed by atoms with Crippen LogP contribution in [0.4, 0.5) is 20.2 Å². The van der Waals surface area contributed by atoms with Crippen LogP contribution < -0.4 is 15.5 Å². The first-order valence-corrected chi connectivity index (χ1v) is 21.5. The van der Waals surface area contributed by atoms with Crippen molar-refractivity contribution >= 4 is 46.5 Å². The van der Waals surface area contributed by atoms with Crippen molar-refractivity contribution in [3.05, 3.63) is 129 Å². The summed E-state index contributed by atoms with van der Waals surface area (Å²) in [6.45, 7) is 5.89. The van der Waals surface area contributed by atoms with Crippen LogP contribution in [0.15, 0.2) is 77.8 Å². The predicted octanol–water partition coefficient (Wildman–Crippen LogP) is 5.88. The molecule has 0 bridgehead atoms. The molecule has 62 heavy (non-hydrogen) atoms. The number of aliphatic imine (C=N–C) groups is 1. The smallest absolute Gasteiger partial charge is 0.262 e. The van der Waals surface area contributed by atoms with Crippen molar-refractivity contribution < 1.29 is 37.5 Å². The van der Waals surface area contributed by atoms with Crippen LogP contribution in [0.25, 0.3) is 0 Å². The first-order valence-electron chi connectivity index (χ1n) is 21.5. The Hall–Kier alpha value is -6.12. The number of halogens is 2. The summed E-state index contributed by atoms with van der Waals surface area (Å²) in [4.78, 5) is 75.2. The number of imide groups is 1. The average Bonchev–Trinajstić information content (AvgIpc) is 3.76. The highest BCUT2D eigenvalue weighted by molar-refractivity contribution is 6.23. The highest BCUT2D eigenvalue weighted by Gasteiger charge is 2.44. The van der Waals surface area contributed by atoms with Gasteiger partial charge in [-0.3, -0.25) is 38.8 Å². The number of ether oxygens (including phenoxy) is 1. The van der Waals surface area contributed by atoms with Gasteiger partial charge in [-0.15, -0.1) is 0 Å². The molecular formula is C48H48F2N6O6. The van der Waals surface area contributed by atoms with Gasteiger partial charge in [0.1, 0.15) is 23.3 Å². The quantitative estimate of drug-likeness (QED) is 0.140. The summed E-state index contributed by atoms with van der Waals surface area (Å²) < 4.78 is 33.4. The molecule has 2 saturated heterocycles. The summed E-state index contributed by atoms with van der Waals surface area (Å²) in [6.07, 6.45) is 3.71. The van der Waals surface area contributed by atoms with Gasteiger partial charge in [-0.25, -0.2) is 8.78 Å². The molecule has 320 valence electrons. The molecule has 3 amide bonds. The van der Waals surface area contributed by atoms with E-state index >= 15 is 0 Å². The third-order valence-corrected chi connectivity index (χ3v) is 12.6. The normalized spacial score (nSPS) is 19.5. The molecule has 4 heterocycles. The average molecular weight is 843 g/mol. The Morgan fingerprint density at radius 2 is 1.52 bits per heavy atom. The second kappa shape index (κ2) is 17.7. The number of hydrogen-bond acceptors (Lipinski definition) is 10. The fourth-order valence-corrected chi connectivity index (χ4v) is 9.29. The van der Waals surface area contributed by atoms with Crippen molar-refractivity contribution in [1.82, 2.24) is 15.1 Å². The number of aryl methyl sites for hydroxylation is 1. The van der Waals surface area contributed by atoms with E-state index in [-0.39, 0.29) is 42.8 Å². The molecule has 1 saturated carbocycles. The van der Waals surface area contributed by atoms with E-state index in [4.69, 9.17) is 4.74 Å². The number of ketones is 2. The zero-order valence-electron chi connectivity index (χ0n) is 34.4. The van der Waals surface area contributed by atoms with Gasteiger partial charge >= 0.3 is 0 Å². The van der Waals surface area contributed by atoms with E-state index in [2.05, 4.69) is 31.5 Å². The lowest BCUT2D eigenvalue weighted by atomic mass is 9.92. The molecule has 0 radical (unpaired) electrons. The number of anilines is 2. The van der Waals surface area contributed by atoms with Crippen LogP contribution >= 0.6 is 0 Å². The summed E-state index contributed by atoms with van der Waals surface area (Å²) in [5.41, 5.74) is 6.98. The molecule has 4 aromatic rings. The standard InChI is InChI=1S/C48H48F2N6O6/c49-33-21-31(22-34(50)25-33)20-30-3-5-32-28-51-45(40(32)24-30)53-46(59)39-9-6-36(26-42(39)52-35-11-18-62-19-12-35)55-16-14-54(15-17-55)13-1-2-29-4-8-38-41(23-29)48(61)56(47(38)60)43-10-7-37(57)27-44(43)58/h3-6,8-9,21-26,35,43,52H,1-2,7,10-20,27-28H2,(H,51,53,59). The number of hydrogen-bond donors (Lipinski definition) is 2. The molecule has 0 aromatic heterocycles. The largest absolute Gasteiger partial charge is 0.381 e. The van der Waals surface area contributed by atoms with Crippen LogP contribution in [-0.4, -0.2) is 103 Å². The molecule has 1 atom stereocenters. The van der Waals surface area contributed by atoms with Crippen molar-refractivity contribution in [2.45, 2.75) is 70.0 Å². The molecule has 2 N–H and O–H groups in total. The van der Waals surface area contributed by atoms with E-state index in [0.717, 1.165) is 103 Å². The third-order valence-electron chi connectivity index (χ3n) is 12.6. The van der Waals surface area contributed by atoms with Crippen LogP contribution in [0, 0.1) is 11.6 Å². The van der Waals surface area contributed by atoms with Gasteiger partial charge in [-0.05, 0) is 116 Å². The van der Waals surface area contributed by atoms with Crippen molar-refractivity contribution in [3.63, 3.8) is 0 Å². The maximum absolute atomic E-state index is 14.0. The third kappa shape index (κ3) is 8.80. The number of Topliss-reactive ketones (excluding diaryl/α,β-unsaturated/α-hetero) is 2. The predicted molar refractivity (Wildman–Crippen MR) is 229 cm³/mol. The number of benzene rings is 4. The molecular weight excluding hydrogens is 795 g/mol. The van der Waals surface area contributed by atoms with Crippen molar-refractivity contribution in [1.29, 1.82) is 0 Å². The molecule has 5 aliphatic rings. The number of nitrogens with one attached hydrogen (secondary N) is 2. The summed E-state index contributed by atoms with van der Waals surface area (Å²) in [6, 6.07) is 19.8. The second-order valence-corrected chi connectivity index (χ2v) is 16.9. The maximum Gasteiger partial charge on any atom is 0.262 e. The molecule has 14 heteroatoms. The summed E-state index contributed by atoms with van der Waals surface area (Å²) in [7, 11) is 0. The van der Waals surface area contributed by atoms with E-state index in [1.807, 2.05) is 36.4 Å². The van der Waals surface area contributed by atoms with Gasteiger partial charge < -0.3 is 20.3 Å². The second-order valence-electron chi connectivity index (χ2n) is 16.9. The Labute approximate surface area is 358 Å². The lowest BCUT2D eigenvalue weighted by molar-refractivity contribution is -0.132. The van der Waals surface area contributed by atoms with Crippen molar-refractivity contribution in [2.75, 3.05) is 56.2 Å². The number of carbonyl (C=O) groups is 5. The van der Waals surface area contributed by atoms with Crippen LogP contribution in [0.5, 0.6) is 0 Å². The number of amidine groups is 1. The van der Waals surface area contributed by atoms with Gasteiger partial charge in [0.2, 0.25) is 0 Å². The fourth-order valence-electron chi connectivity index (χ4n) is 9.29. The number of fused-ring (bicyclic) bond motifs is 2. The van der Waals surface area contributed by atoms with Crippen LogP contribution in [0.3, 0.4) is 0 Å². The van der Waals surface area contributed by atoms with Crippen LogP contribution in [-0.2, 0) is 33.7 Å². The zero-order chi connectivity index (χ0) is 42.9. The van der Waals surface area contributed by atoms with E-state index in [0.29, 0.717) is 54.3 Å². The molecule has 0 spiro atoms. The van der Waals surface area contributed by atoms with Crippen LogP contribution in [0.1, 0.15) is 97.4 Å². The van der Waals surface area contributed by atoms with Gasteiger partial charge in [-0.2, -0.15) is 0 Å². The van der Waals surface area contributed by atoms with Gasteiger partial charge in [0.05, 0.1) is 35.7 Å². The number of carbonyl (C=O) groups excluding carboxylic acids is 5. The molecule has 9 rings (SSSR count). The number of rotatable bonds is 11. The molecule has 1 unspecified atom stereocenters. The minimum Gasteiger partial charge on any atom is -0.381 e. The summed E-state index contributed by atoms with van der Waals surface area (Å²) >= 11 is 0. The Balaban J connectivity index is 0.817. The Kier molecular flexibility index (Phi) is 11.8. The lowest BCUT2D eigenvalue weighted by Crippen LogP contribution is -2.47. The lowest BCUT2D eigenvalue weighted by Gasteiger charge is -2.36. The number of nitrogens with zero attached hydrogens (tertiary/aromatic N) is 4. The summed E-state index contributed by atoms with van der Waals surface area (Å²) in [5, 5.41) is 6.71. The van der Waals surface area contributed by atoms with E-state index in [1.54, 1.807) is 12.1 Å². The highest BCUT2D eigenvalue weighted by atomic mass is 19.1. The Morgan fingerprint density at radius 1 is 0.774 bits per heavy atom. The van der Waals surface area contributed by atoms with E-state index in [1.165, 1.54) is 12.1 Å². The Morgan fingerprint density at radius 3 is 2.29 bits per heavy atom. The minimum absolute atomic E-state index is 0.151. The van der Waals surface area contributed by atoms with E-state index < -0.39 is 29.5 Å². The Bertz CT molecular complexity index is 2470. The molecule has 4 aliphatic heterocycles. The monoisotopic (exact) mass is 842 g/mol. The number of piperazine rings is 1. The molecule has 12 nitrogen and oxygen atoms in total. The fraction of sp³-hybridized carbons (Fsp3) is 0.375. The van der Waals surface area contributed by atoms with E-state index in [9.17, 15) is 32.8 Å². The van der Waals surface area contributed by atoms with Gasteiger partial charge in [-0.1, -0.05) is 18.2 Å².